The lowest BCUT2D eigenvalue weighted by Gasteiger charge is -2.30. The van der Waals surface area contributed by atoms with Gasteiger partial charge in [0.15, 0.2) is 0 Å². The van der Waals surface area contributed by atoms with E-state index in [0.29, 0.717) is 5.16 Å². The van der Waals surface area contributed by atoms with Crippen LogP contribution in [-0.2, 0) is 11.2 Å². The zero-order chi connectivity index (χ0) is 18.5. The van der Waals surface area contributed by atoms with E-state index in [1.807, 2.05) is 35.2 Å². The number of amides is 1. The number of carbonyl (C=O) groups excluding carboxylic acids is 1. The maximum atomic E-state index is 13.2. The maximum absolute atomic E-state index is 13.2. The van der Waals surface area contributed by atoms with Gasteiger partial charge in [0, 0.05) is 19.5 Å². The third kappa shape index (κ3) is 4.72. The summed E-state index contributed by atoms with van der Waals surface area (Å²) in [6.45, 7) is 1.73. The summed E-state index contributed by atoms with van der Waals surface area (Å²) in [6, 6.07) is 10.0. The number of likely N-dealkylation sites (tertiary alicyclic amines) is 1. The van der Waals surface area contributed by atoms with Crippen molar-refractivity contribution >= 4 is 17.7 Å². The van der Waals surface area contributed by atoms with Crippen LogP contribution in [0.1, 0.15) is 61.6 Å². The van der Waals surface area contributed by atoms with E-state index in [-0.39, 0.29) is 11.2 Å². The van der Waals surface area contributed by atoms with Gasteiger partial charge in [-0.05, 0) is 30.7 Å². The molecular formula is C21H28N4OS. The number of hydrogen-bond acceptors (Lipinski definition) is 4. The van der Waals surface area contributed by atoms with Gasteiger partial charge in [-0.2, -0.15) is 0 Å². The van der Waals surface area contributed by atoms with Crippen LogP contribution in [0.5, 0.6) is 0 Å². The highest BCUT2D eigenvalue weighted by Crippen LogP contribution is 2.36. The molecule has 0 radical (unpaired) electrons. The van der Waals surface area contributed by atoms with Gasteiger partial charge in [0.2, 0.25) is 11.1 Å². The van der Waals surface area contributed by atoms with Crippen molar-refractivity contribution in [2.45, 2.75) is 61.8 Å². The third-order valence-corrected chi connectivity index (χ3v) is 6.79. The Morgan fingerprint density at radius 3 is 2.59 bits per heavy atom. The highest BCUT2D eigenvalue weighted by Gasteiger charge is 2.29. The molecule has 2 fully saturated rings. The first kappa shape index (κ1) is 18.5. The van der Waals surface area contributed by atoms with Crippen LogP contribution in [0.3, 0.4) is 0 Å². The number of thioether (sulfide) groups is 1. The lowest BCUT2D eigenvalue weighted by atomic mass is 10.0. The van der Waals surface area contributed by atoms with E-state index in [1.54, 1.807) is 0 Å². The Morgan fingerprint density at radius 2 is 1.85 bits per heavy atom. The van der Waals surface area contributed by atoms with Crippen molar-refractivity contribution in [3.05, 3.63) is 41.7 Å². The van der Waals surface area contributed by atoms with Crippen LogP contribution < -0.4 is 0 Å². The summed E-state index contributed by atoms with van der Waals surface area (Å²) in [5, 5.41) is 7.91. The summed E-state index contributed by atoms with van der Waals surface area (Å²) in [5.41, 5.74) is 1.03. The summed E-state index contributed by atoms with van der Waals surface area (Å²) in [7, 11) is 0. The first-order chi connectivity index (χ1) is 13.3. The molecule has 0 bridgehead atoms. The van der Waals surface area contributed by atoms with E-state index >= 15 is 0 Å². The molecule has 1 N–H and O–H groups in total. The summed E-state index contributed by atoms with van der Waals surface area (Å²) in [4.78, 5) is 19.9. The van der Waals surface area contributed by atoms with Gasteiger partial charge in [-0.15, -0.1) is 5.10 Å². The number of piperidine rings is 1. The zero-order valence-electron chi connectivity index (χ0n) is 15.8. The molecule has 6 heteroatoms. The SMILES string of the molecule is O=C(C(Sc1n[nH]c(CC2CCCC2)n1)c1ccccc1)N1CCCCC1. The second kappa shape index (κ2) is 8.91. The number of benzene rings is 1. The fourth-order valence-electron chi connectivity index (χ4n) is 4.18. The monoisotopic (exact) mass is 384 g/mol. The van der Waals surface area contributed by atoms with Gasteiger partial charge < -0.3 is 4.90 Å². The van der Waals surface area contributed by atoms with E-state index in [9.17, 15) is 4.79 Å². The molecule has 2 heterocycles. The van der Waals surface area contributed by atoms with Gasteiger partial charge in [0.05, 0.1) is 0 Å². The summed E-state index contributed by atoms with van der Waals surface area (Å²) >= 11 is 1.48. The molecule has 2 aliphatic rings. The molecule has 1 unspecified atom stereocenters. The number of rotatable bonds is 6. The van der Waals surface area contributed by atoms with Crippen molar-refractivity contribution in [3.8, 4) is 0 Å². The molecule has 4 rings (SSSR count). The molecule has 1 saturated heterocycles. The lowest BCUT2D eigenvalue weighted by molar-refractivity contribution is -0.131. The Morgan fingerprint density at radius 1 is 1.11 bits per heavy atom. The van der Waals surface area contributed by atoms with Crippen LogP contribution in [0.2, 0.25) is 0 Å². The standard InChI is InChI=1S/C21H28N4OS/c26-20(25-13-7-2-8-14-25)19(17-11-3-1-4-12-17)27-21-22-18(23-24-21)15-16-9-5-6-10-16/h1,3-4,11-12,16,19H,2,5-10,13-15H2,(H,22,23,24). The molecule has 0 spiro atoms. The Hall–Kier alpha value is -1.82. The minimum atomic E-state index is -0.278. The van der Waals surface area contributed by atoms with Crippen molar-refractivity contribution in [3.63, 3.8) is 0 Å². The average molecular weight is 385 g/mol. The van der Waals surface area contributed by atoms with Crippen molar-refractivity contribution in [1.82, 2.24) is 20.1 Å². The van der Waals surface area contributed by atoms with Crippen molar-refractivity contribution < 1.29 is 4.79 Å². The minimum Gasteiger partial charge on any atom is -0.341 e. The second-order valence-electron chi connectivity index (χ2n) is 7.71. The minimum absolute atomic E-state index is 0.188. The van der Waals surface area contributed by atoms with Crippen LogP contribution in [0, 0.1) is 5.92 Å². The predicted octanol–water partition coefficient (Wildman–Crippen LogP) is 4.38. The number of carbonyl (C=O) groups is 1. The number of nitrogens with one attached hydrogen (secondary N) is 1. The third-order valence-electron chi connectivity index (χ3n) is 5.69. The molecule has 1 aliphatic heterocycles. The maximum Gasteiger partial charge on any atom is 0.240 e. The molecule has 1 saturated carbocycles. The Kier molecular flexibility index (Phi) is 6.12. The smallest absolute Gasteiger partial charge is 0.240 e. The Balaban J connectivity index is 1.49. The number of aromatic nitrogens is 3. The molecule has 1 aromatic carbocycles. The highest BCUT2D eigenvalue weighted by atomic mass is 32.2. The fraction of sp³-hybridized carbons (Fsp3) is 0.571. The Bertz CT molecular complexity index is 736. The summed E-state index contributed by atoms with van der Waals surface area (Å²) in [5.74, 6) is 1.88. The molecule has 1 atom stereocenters. The van der Waals surface area contributed by atoms with Crippen LogP contribution >= 0.6 is 11.8 Å². The second-order valence-corrected chi connectivity index (χ2v) is 8.79. The van der Waals surface area contributed by atoms with E-state index in [2.05, 4.69) is 10.2 Å². The van der Waals surface area contributed by atoms with Crippen LogP contribution in [0.15, 0.2) is 35.5 Å². The van der Waals surface area contributed by atoms with Crippen LogP contribution in [0.25, 0.3) is 0 Å². The van der Waals surface area contributed by atoms with Gasteiger partial charge in [0.1, 0.15) is 11.1 Å². The van der Waals surface area contributed by atoms with Crippen molar-refractivity contribution in [2.24, 2.45) is 5.92 Å². The quantitative estimate of drug-likeness (QED) is 0.751. The lowest BCUT2D eigenvalue weighted by Crippen LogP contribution is -2.38. The average Bonchev–Trinajstić information content (AvgIpc) is 3.39. The van der Waals surface area contributed by atoms with Crippen molar-refractivity contribution in [2.75, 3.05) is 13.1 Å². The first-order valence-corrected chi connectivity index (χ1v) is 11.1. The first-order valence-electron chi connectivity index (χ1n) is 10.2. The molecule has 2 aromatic rings. The van der Waals surface area contributed by atoms with E-state index in [4.69, 9.17) is 4.98 Å². The molecular weight excluding hydrogens is 356 g/mol. The molecule has 1 aliphatic carbocycles. The molecule has 5 nitrogen and oxygen atoms in total. The molecule has 27 heavy (non-hydrogen) atoms. The van der Waals surface area contributed by atoms with Crippen LogP contribution in [-0.4, -0.2) is 39.1 Å². The van der Waals surface area contributed by atoms with E-state index < -0.39 is 0 Å². The van der Waals surface area contributed by atoms with Gasteiger partial charge >= 0.3 is 0 Å². The number of aromatic amines is 1. The molecule has 144 valence electrons. The van der Waals surface area contributed by atoms with E-state index in [0.717, 1.165) is 49.7 Å². The van der Waals surface area contributed by atoms with Gasteiger partial charge in [-0.1, -0.05) is 67.8 Å². The topological polar surface area (TPSA) is 61.9 Å². The Labute approximate surface area is 165 Å². The fourth-order valence-corrected chi connectivity index (χ4v) is 5.20. The largest absolute Gasteiger partial charge is 0.341 e. The number of H-pyrrole nitrogens is 1. The van der Waals surface area contributed by atoms with Gasteiger partial charge in [-0.3, -0.25) is 9.89 Å². The highest BCUT2D eigenvalue weighted by molar-refractivity contribution is 8.00. The van der Waals surface area contributed by atoms with Gasteiger partial charge in [0.25, 0.3) is 0 Å². The predicted molar refractivity (Wildman–Crippen MR) is 108 cm³/mol. The summed E-state index contributed by atoms with van der Waals surface area (Å²) < 4.78 is 0. The molecule has 1 aromatic heterocycles. The number of hydrogen-bond donors (Lipinski definition) is 1. The van der Waals surface area contributed by atoms with Gasteiger partial charge in [-0.25, -0.2) is 4.98 Å². The molecule has 1 amide bonds. The van der Waals surface area contributed by atoms with Crippen LogP contribution in [0.4, 0.5) is 0 Å². The number of nitrogens with zero attached hydrogens (tertiary/aromatic N) is 3. The van der Waals surface area contributed by atoms with Crippen molar-refractivity contribution in [1.29, 1.82) is 0 Å². The summed E-state index contributed by atoms with van der Waals surface area (Å²) in [6.07, 6.45) is 9.66. The zero-order valence-corrected chi connectivity index (χ0v) is 16.6. The van der Waals surface area contributed by atoms with E-state index in [1.165, 1.54) is 43.9 Å². The normalized spacial score (nSPS) is 19.3.